The fraction of sp³-hybridized carbons (Fsp3) is 0.480. The molecule has 0 N–H and O–H groups in total. The molecule has 31 heavy (non-hydrogen) atoms. The fourth-order valence-corrected chi connectivity index (χ4v) is 6.13. The molecule has 2 unspecified atom stereocenters. The molecule has 0 amide bonds. The average molecular weight is 647 g/mol. The number of fused-ring (bicyclic) bond motifs is 1. The first-order chi connectivity index (χ1) is 15.0. The van der Waals surface area contributed by atoms with Crippen molar-refractivity contribution in [1.82, 2.24) is 4.90 Å². The summed E-state index contributed by atoms with van der Waals surface area (Å²) in [6.45, 7) is 10.1. The second-order valence-electron chi connectivity index (χ2n) is 7.82. The summed E-state index contributed by atoms with van der Waals surface area (Å²) in [6.07, 6.45) is 2.94. The van der Waals surface area contributed by atoms with Gasteiger partial charge in [-0.15, -0.1) is 0 Å². The molecule has 0 saturated heterocycles. The normalized spacial score (nSPS) is 17.5. The van der Waals surface area contributed by atoms with Crippen LogP contribution in [0.2, 0.25) is 0 Å². The van der Waals surface area contributed by atoms with E-state index in [1.807, 2.05) is 36.4 Å². The Morgan fingerprint density at radius 3 is 2.42 bits per heavy atom. The molecule has 168 valence electrons. The van der Waals surface area contributed by atoms with Crippen molar-refractivity contribution in [2.45, 2.75) is 52.1 Å². The molecule has 0 fully saturated rings. The molecule has 0 saturated carbocycles. The lowest BCUT2D eigenvalue weighted by molar-refractivity contribution is 0.0886. The Morgan fingerprint density at radius 2 is 1.77 bits per heavy atom. The van der Waals surface area contributed by atoms with Gasteiger partial charge in [0, 0.05) is 17.7 Å². The first-order valence-electron chi connectivity index (χ1n) is 11.1. The van der Waals surface area contributed by atoms with Crippen LogP contribution in [0.1, 0.15) is 61.9 Å². The van der Waals surface area contributed by atoms with E-state index in [1.165, 1.54) is 0 Å². The molecule has 2 aromatic carbocycles. The lowest BCUT2D eigenvalue weighted by Crippen LogP contribution is -2.28. The molecule has 1 heterocycles. The molecule has 3 rings (SSSR count). The van der Waals surface area contributed by atoms with Crippen molar-refractivity contribution in [2.75, 3.05) is 26.2 Å². The van der Waals surface area contributed by atoms with Crippen molar-refractivity contribution >= 4 is 51.0 Å². The third kappa shape index (κ3) is 5.93. The maximum absolute atomic E-state index is 13.6. The number of rotatable bonds is 11. The molecular formula is C25H31I2NO3. The van der Waals surface area contributed by atoms with Gasteiger partial charge in [-0.05, 0) is 82.9 Å². The quantitative estimate of drug-likeness (QED) is 0.206. The van der Waals surface area contributed by atoms with Crippen molar-refractivity contribution in [2.24, 2.45) is 0 Å². The predicted octanol–water partition coefficient (Wildman–Crippen LogP) is 6.53. The highest BCUT2D eigenvalue weighted by Gasteiger charge is 2.39. The van der Waals surface area contributed by atoms with E-state index in [0.29, 0.717) is 6.61 Å². The third-order valence-electron chi connectivity index (χ3n) is 5.86. The molecular weight excluding hydrogens is 616 g/mol. The summed E-state index contributed by atoms with van der Waals surface area (Å²) < 4.78 is 14.2. The van der Waals surface area contributed by atoms with Crippen LogP contribution >= 0.6 is 45.2 Å². The van der Waals surface area contributed by atoms with Gasteiger partial charge in [-0.25, -0.2) is 0 Å². The lowest BCUT2D eigenvalue weighted by atomic mass is 9.86. The van der Waals surface area contributed by atoms with E-state index in [9.17, 15) is 4.79 Å². The summed E-state index contributed by atoms with van der Waals surface area (Å²) in [5, 5.41) is 0. The highest BCUT2D eigenvalue weighted by atomic mass is 127. The van der Waals surface area contributed by atoms with Gasteiger partial charge in [-0.3, -0.25) is 4.79 Å². The number of para-hydroxylation sites is 1. The van der Waals surface area contributed by atoms with E-state index in [2.05, 4.69) is 70.9 Å². The van der Waals surface area contributed by atoms with Gasteiger partial charge in [0.05, 0.1) is 13.1 Å². The highest BCUT2D eigenvalue weighted by molar-refractivity contribution is 14.1. The van der Waals surface area contributed by atoms with Crippen LogP contribution in [0.4, 0.5) is 0 Å². The molecule has 0 aromatic heterocycles. The standard InChI is InChI=1S/C25H31I2NO3/c1-4-7-11-22-23(18-10-8-9-12-21(18)31-22)24(29)17-15-19(26)25(20(27)16-17)30-14-13-28(5-2)6-3/h8-10,12,15-16,22-23H,4-7,11,13-14H2,1-3H3. The van der Waals surface area contributed by atoms with Crippen molar-refractivity contribution < 1.29 is 14.3 Å². The minimum Gasteiger partial charge on any atom is -0.490 e. The summed E-state index contributed by atoms with van der Waals surface area (Å²) in [7, 11) is 0. The zero-order valence-electron chi connectivity index (χ0n) is 18.5. The molecule has 4 nitrogen and oxygen atoms in total. The lowest BCUT2D eigenvalue weighted by Gasteiger charge is -2.20. The van der Waals surface area contributed by atoms with Crippen molar-refractivity contribution in [3.63, 3.8) is 0 Å². The van der Waals surface area contributed by atoms with Gasteiger partial charge >= 0.3 is 0 Å². The summed E-state index contributed by atoms with van der Waals surface area (Å²) in [6, 6.07) is 11.9. The van der Waals surface area contributed by atoms with E-state index >= 15 is 0 Å². The monoisotopic (exact) mass is 647 g/mol. The van der Waals surface area contributed by atoms with Crippen LogP contribution in [-0.2, 0) is 0 Å². The van der Waals surface area contributed by atoms with E-state index in [0.717, 1.165) is 68.7 Å². The number of unbranched alkanes of at least 4 members (excludes halogenated alkanes) is 1. The second-order valence-corrected chi connectivity index (χ2v) is 10.1. The van der Waals surface area contributed by atoms with E-state index in [4.69, 9.17) is 9.47 Å². The van der Waals surface area contributed by atoms with Crippen LogP contribution in [0, 0.1) is 7.14 Å². The van der Waals surface area contributed by atoms with Crippen LogP contribution in [0.3, 0.4) is 0 Å². The molecule has 0 bridgehead atoms. The molecule has 0 radical (unpaired) electrons. The average Bonchev–Trinajstić information content (AvgIpc) is 3.14. The van der Waals surface area contributed by atoms with Gasteiger partial charge in [-0.1, -0.05) is 51.8 Å². The van der Waals surface area contributed by atoms with Crippen molar-refractivity contribution in [3.8, 4) is 11.5 Å². The largest absolute Gasteiger partial charge is 0.490 e. The van der Waals surface area contributed by atoms with Crippen molar-refractivity contribution in [1.29, 1.82) is 0 Å². The zero-order chi connectivity index (χ0) is 22.4. The maximum atomic E-state index is 13.6. The Kier molecular flexibility index (Phi) is 9.46. The second kappa shape index (κ2) is 11.8. The van der Waals surface area contributed by atoms with Gasteiger partial charge in [0.15, 0.2) is 5.78 Å². The number of nitrogens with zero attached hydrogens (tertiary/aromatic N) is 1. The van der Waals surface area contributed by atoms with Crippen LogP contribution in [0.5, 0.6) is 11.5 Å². The summed E-state index contributed by atoms with van der Waals surface area (Å²) in [5.74, 6) is 1.61. The number of halogens is 2. The molecule has 0 spiro atoms. The molecule has 6 heteroatoms. The van der Waals surface area contributed by atoms with Gasteiger partial charge < -0.3 is 14.4 Å². The zero-order valence-corrected chi connectivity index (χ0v) is 22.8. The minimum atomic E-state index is -0.246. The predicted molar refractivity (Wildman–Crippen MR) is 143 cm³/mol. The SMILES string of the molecule is CCCCC1Oc2ccccc2C1C(=O)c1cc(I)c(OCCN(CC)CC)c(I)c1. The van der Waals surface area contributed by atoms with Gasteiger partial charge in [0.2, 0.25) is 0 Å². The maximum Gasteiger partial charge on any atom is 0.174 e. The number of carbonyl (C=O) groups excluding carboxylic acids is 1. The Labute approximate surface area is 213 Å². The molecule has 0 aliphatic carbocycles. The summed E-state index contributed by atoms with van der Waals surface area (Å²) in [4.78, 5) is 16.0. The highest BCUT2D eigenvalue weighted by Crippen LogP contribution is 2.42. The first-order valence-corrected chi connectivity index (χ1v) is 13.3. The number of ketones is 1. The molecule has 2 aromatic rings. The Balaban J connectivity index is 1.80. The topological polar surface area (TPSA) is 38.8 Å². The summed E-state index contributed by atoms with van der Waals surface area (Å²) in [5.41, 5.74) is 1.75. The number of likely N-dealkylation sites (N-methyl/N-ethyl adjacent to an activating group) is 1. The molecule has 2 atom stereocenters. The van der Waals surface area contributed by atoms with Gasteiger partial charge in [0.1, 0.15) is 24.2 Å². The molecule has 1 aliphatic heterocycles. The smallest absolute Gasteiger partial charge is 0.174 e. The number of benzene rings is 2. The van der Waals surface area contributed by atoms with E-state index < -0.39 is 0 Å². The number of carbonyl (C=O) groups is 1. The van der Waals surface area contributed by atoms with Crippen LogP contribution in [0.25, 0.3) is 0 Å². The van der Waals surface area contributed by atoms with Crippen LogP contribution in [-0.4, -0.2) is 43.0 Å². The fourth-order valence-electron chi connectivity index (χ4n) is 4.05. The Bertz CT molecular complexity index is 875. The Hall–Kier alpha value is -0.870. The van der Waals surface area contributed by atoms with Gasteiger partial charge in [0.25, 0.3) is 0 Å². The Morgan fingerprint density at radius 1 is 1.10 bits per heavy atom. The molecule has 1 aliphatic rings. The summed E-state index contributed by atoms with van der Waals surface area (Å²) >= 11 is 4.57. The first kappa shape index (κ1) is 24.8. The van der Waals surface area contributed by atoms with Crippen molar-refractivity contribution in [3.05, 3.63) is 54.7 Å². The number of hydrogen-bond donors (Lipinski definition) is 0. The van der Waals surface area contributed by atoms with Crippen LogP contribution in [0.15, 0.2) is 36.4 Å². The number of hydrogen-bond acceptors (Lipinski definition) is 4. The van der Waals surface area contributed by atoms with Gasteiger partial charge in [-0.2, -0.15) is 0 Å². The number of ether oxygens (including phenoxy) is 2. The van der Waals surface area contributed by atoms with E-state index in [-0.39, 0.29) is 17.8 Å². The third-order valence-corrected chi connectivity index (χ3v) is 7.46. The van der Waals surface area contributed by atoms with Crippen LogP contribution < -0.4 is 9.47 Å². The van der Waals surface area contributed by atoms with E-state index in [1.54, 1.807) is 0 Å². The number of Topliss-reactive ketones (excluding diaryl/α,β-unsaturated/α-hetero) is 1. The minimum absolute atomic E-state index is 0.0924.